The third-order valence-corrected chi connectivity index (χ3v) is 3.18. The van der Waals surface area contributed by atoms with Crippen molar-refractivity contribution in [3.8, 4) is 0 Å². The standard InChI is InChI=1S/C8H10F3NS/c1-5-3-4-13-6(5)7(2,12)8(9,10)11/h3-4H,12H2,1-2H3/t7-/m1/s1. The van der Waals surface area contributed by atoms with Crippen LogP contribution in [0.2, 0.25) is 0 Å². The molecule has 0 bridgehead atoms. The largest absolute Gasteiger partial charge is 0.411 e. The number of halogens is 3. The molecule has 0 unspecified atom stereocenters. The molecule has 5 heteroatoms. The summed E-state index contributed by atoms with van der Waals surface area (Å²) in [5.41, 5.74) is 3.61. The minimum absolute atomic E-state index is 0.181. The Labute approximate surface area is 78.4 Å². The summed E-state index contributed by atoms with van der Waals surface area (Å²) in [6.07, 6.45) is -4.40. The number of thiophene rings is 1. The Morgan fingerprint density at radius 1 is 1.38 bits per heavy atom. The van der Waals surface area contributed by atoms with Crippen LogP contribution in [0.1, 0.15) is 17.4 Å². The Bertz CT molecular complexity index is 301. The molecule has 2 N–H and O–H groups in total. The molecule has 0 aliphatic heterocycles. The van der Waals surface area contributed by atoms with Crippen LogP contribution >= 0.6 is 11.3 Å². The fraction of sp³-hybridized carbons (Fsp3) is 0.500. The van der Waals surface area contributed by atoms with Crippen molar-refractivity contribution in [2.75, 3.05) is 0 Å². The Hall–Kier alpha value is -0.550. The van der Waals surface area contributed by atoms with Crippen LogP contribution in [0.4, 0.5) is 13.2 Å². The van der Waals surface area contributed by atoms with Crippen molar-refractivity contribution < 1.29 is 13.2 Å². The van der Waals surface area contributed by atoms with Gasteiger partial charge in [-0.15, -0.1) is 11.3 Å². The summed E-state index contributed by atoms with van der Waals surface area (Å²) in [5.74, 6) is 0. The maximum absolute atomic E-state index is 12.5. The summed E-state index contributed by atoms with van der Waals surface area (Å²) in [6.45, 7) is 2.62. The van der Waals surface area contributed by atoms with Gasteiger partial charge in [-0.25, -0.2) is 0 Å². The smallest absolute Gasteiger partial charge is 0.313 e. The molecule has 0 aliphatic carbocycles. The average molecular weight is 209 g/mol. The molecule has 0 spiro atoms. The zero-order valence-corrected chi connectivity index (χ0v) is 8.09. The first-order valence-electron chi connectivity index (χ1n) is 3.67. The van der Waals surface area contributed by atoms with Gasteiger partial charge in [0.15, 0.2) is 0 Å². The van der Waals surface area contributed by atoms with Crippen LogP contribution in [0.25, 0.3) is 0 Å². The van der Waals surface area contributed by atoms with Crippen molar-refractivity contribution in [3.05, 3.63) is 21.9 Å². The van der Waals surface area contributed by atoms with E-state index in [1.165, 1.54) is 0 Å². The van der Waals surface area contributed by atoms with Gasteiger partial charge in [-0.1, -0.05) is 0 Å². The molecule has 1 aromatic rings. The van der Waals surface area contributed by atoms with Gasteiger partial charge in [0.05, 0.1) is 0 Å². The number of hydrogen-bond acceptors (Lipinski definition) is 2. The second-order valence-corrected chi connectivity index (χ2v) is 4.05. The monoisotopic (exact) mass is 209 g/mol. The van der Waals surface area contributed by atoms with Crippen LogP contribution in [-0.2, 0) is 5.54 Å². The molecule has 1 atom stereocenters. The highest BCUT2D eigenvalue weighted by Gasteiger charge is 2.50. The van der Waals surface area contributed by atoms with E-state index in [0.717, 1.165) is 18.3 Å². The lowest BCUT2D eigenvalue weighted by atomic mass is 9.98. The van der Waals surface area contributed by atoms with Gasteiger partial charge in [0.25, 0.3) is 0 Å². The van der Waals surface area contributed by atoms with Crippen LogP contribution < -0.4 is 5.73 Å². The van der Waals surface area contributed by atoms with E-state index in [-0.39, 0.29) is 4.88 Å². The highest BCUT2D eigenvalue weighted by atomic mass is 32.1. The quantitative estimate of drug-likeness (QED) is 0.756. The van der Waals surface area contributed by atoms with E-state index in [1.807, 2.05) is 0 Å². The molecule has 1 heterocycles. The Morgan fingerprint density at radius 2 is 1.92 bits per heavy atom. The van der Waals surface area contributed by atoms with Gasteiger partial charge in [0.1, 0.15) is 5.54 Å². The first-order valence-corrected chi connectivity index (χ1v) is 4.55. The van der Waals surface area contributed by atoms with Crippen molar-refractivity contribution in [1.29, 1.82) is 0 Å². The van der Waals surface area contributed by atoms with Crippen LogP contribution in [-0.4, -0.2) is 6.18 Å². The number of alkyl halides is 3. The van der Waals surface area contributed by atoms with E-state index in [9.17, 15) is 13.2 Å². The van der Waals surface area contributed by atoms with Crippen LogP contribution in [0, 0.1) is 6.92 Å². The lowest BCUT2D eigenvalue weighted by Crippen LogP contribution is -2.47. The molecule has 1 nitrogen and oxygen atoms in total. The summed E-state index contributed by atoms with van der Waals surface area (Å²) in [7, 11) is 0. The number of hydrogen-bond donors (Lipinski definition) is 1. The van der Waals surface area contributed by atoms with Crippen molar-refractivity contribution in [2.45, 2.75) is 25.6 Å². The third-order valence-electron chi connectivity index (χ3n) is 1.92. The van der Waals surface area contributed by atoms with E-state index in [1.54, 1.807) is 18.4 Å². The van der Waals surface area contributed by atoms with Gasteiger partial charge in [-0.3, -0.25) is 0 Å². The molecule has 0 saturated carbocycles. The van der Waals surface area contributed by atoms with Gasteiger partial charge in [-0.2, -0.15) is 13.2 Å². The molecule has 1 aromatic heterocycles. The molecule has 0 amide bonds. The minimum atomic E-state index is -4.40. The lowest BCUT2D eigenvalue weighted by Gasteiger charge is -2.27. The average Bonchev–Trinajstić information content (AvgIpc) is 2.32. The summed E-state index contributed by atoms with van der Waals surface area (Å²) in [5, 5.41) is 1.61. The molecular formula is C8H10F3NS. The first-order chi connectivity index (χ1) is 5.77. The normalized spacial score (nSPS) is 17.1. The minimum Gasteiger partial charge on any atom is -0.313 e. The maximum atomic E-state index is 12.5. The molecule has 0 aromatic carbocycles. The van der Waals surface area contributed by atoms with E-state index in [0.29, 0.717) is 5.56 Å². The lowest BCUT2D eigenvalue weighted by molar-refractivity contribution is -0.183. The number of rotatable bonds is 1. The fourth-order valence-corrected chi connectivity index (χ4v) is 2.06. The predicted octanol–water partition coefficient (Wildman–Crippen LogP) is 2.79. The van der Waals surface area contributed by atoms with Crippen molar-refractivity contribution in [1.82, 2.24) is 0 Å². The number of nitrogens with two attached hydrogens (primary N) is 1. The molecule has 1 rings (SSSR count). The summed E-state index contributed by atoms with van der Waals surface area (Å²) in [6, 6.07) is 1.64. The predicted molar refractivity (Wildman–Crippen MR) is 46.7 cm³/mol. The number of aryl methyl sites for hydroxylation is 1. The molecular weight excluding hydrogens is 199 g/mol. The van der Waals surface area contributed by atoms with E-state index >= 15 is 0 Å². The van der Waals surface area contributed by atoms with E-state index < -0.39 is 11.7 Å². The molecule has 0 fully saturated rings. The summed E-state index contributed by atoms with van der Waals surface area (Å²) in [4.78, 5) is 0.181. The summed E-state index contributed by atoms with van der Waals surface area (Å²) >= 11 is 1.04. The molecule has 0 saturated heterocycles. The third kappa shape index (κ3) is 1.71. The van der Waals surface area contributed by atoms with Crippen LogP contribution in [0.5, 0.6) is 0 Å². The Morgan fingerprint density at radius 3 is 2.23 bits per heavy atom. The highest BCUT2D eigenvalue weighted by Crippen LogP contribution is 2.39. The maximum Gasteiger partial charge on any atom is 0.411 e. The fourth-order valence-electron chi connectivity index (χ4n) is 1.03. The Kier molecular flexibility index (Phi) is 2.42. The van der Waals surface area contributed by atoms with E-state index in [4.69, 9.17) is 5.73 Å². The molecule has 13 heavy (non-hydrogen) atoms. The Balaban J connectivity index is 3.15. The molecule has 0 aliphatic rings. The van der Waals surface area contributed by atoms with Crippen LogP contribution in [0.3, 0.4) is 0 Å². The van der Waals surface area contributed by atoms with E-state index in [2.05, 4.69) is 0 Å². The van der Waals surface area contributed by atoms with Gasteiger partial charge >= 0.3 is 6.18 Å². The van der Waals surface area contributed by atoms with Gasteiger partial charge in [0, 0.05) is 4.88 Å². The van der Waals surface area contributed by atoms with Crippen molar-refractivity contribution in [3.63, 3.8) is 0 Å². The molecule has 0 radical (unpaired) electrons. The van der Waals surface area contributed by atoms with Crippen molar-refractivity contribution in [2.24, 2.45) is 5.73 Å². The van der Waals surface area contributed by atoms with Gasteiger partial charge < -0.3 is 5.73 Å². The van der Waals surface area contributed by atoms with Crippen molar-refractivity contribution >= 4 is 11.3 Å². The summed E-state index contributed by atoms with van der Waals surface area (Å²) < 4.78 is 37.4. The first kappa shape index (κ1) is 10.5. The SMILES string of the molecule is Cc1ccsc1[C@@](C)(N)C(F)(F)F. The van der Waals surface area contributed by atoms with Crippen LogP contribution in [0.15, 0.2) is 11.4 Å². The molecule has 74 valence electrons. The van der Waals surface area contributed by atoms with Gasteiger partial charge in [-0.05, 0) is 30.9 Å². The zero-order chi connectivity index (χ0) is 10.3. The topological polar surface area (TPSA) is 26.0 Å². The zero-order valence-electron chi connectivity index (χ0n) is 7.27. The second kappa shape index (κ2) is 2.99. The highest BCUT2D eigenvalue weighted by molar-refractivity contribution is 7.10. The van der Waals surface area contributed by atoms with Gasteiger partial charge in [0.2, 0.25) is 0 Å². The second-order valence-electron chi connectivity index (χ2n) is 3.13.